The summed E-state index contributed by atoms with van der Waals surface area (Å²) in [4.78, 5) is 25.9. The van der Waals surface area contributed by atoms with Gasteiger partial charge in [-0.1, -0.05) is 18.2 Å². The van der Waals surface area contributed by atoms with Gasteiger partial charge in [-0.15, -0.1) is 0 Å². The summed E-state index contributed by atoms with van der Waals surface area (Å²) in [6, 6.07) is 4.92. The average molecular weight is 305 g/mol. The SMILES string of the molecule is COCCN1CC2=C(C1=O)[C@@H](c1ccccc1F)NC(=O)N2. The van der Waals surface area contributed by atoms with Crippen molar-refractivity contribution in [2.75, 3.05) is 26.8 Å². The van der Waals surface area contributed by atoms with Crippen molar-refractivity contribution in [2.24, 2.45) is 0 Å². The van der Waals surface area contributed by atoms with Crippen molar-refractivity contribution >= 4 is 11.9 Å². The standard InChI is InChI=1S/C15H16FN3O3/c1-22-7-6-19-8-11-12(14(19)20)13(18-15(21)17-11)9-4-2-3-5-10(9)16/h2-5,13H,6-8H2,1H3,(H2,17,18,21)/t13-/m1/s1. The molecule has 22 heavy (non-hydrogen) atoms. The molecule has 3 rings (SSSR count). The molecule has 0 spiro atoms. The van der Waals surface area contributed by atoms with Gasteiger partial charge in [0, 0.05) is 19.2 Å². The molecule has 1 aromatic rings. The number of carbonyl (C=O) groups is 2. The van der Waals surface area contributed by atoms with E-state index < -0.39 is 17.9 Å². The van der Waals surface area contributed by atoms with Gasteiger partial charge >= 0.3 is 6.03 Å². The number of benzene rings is 1. The third-order valence-corrected chi connectivity index (χ3v) is 3.80. The molecule has 1 atom stereocenters. The van der Waals surface area contributed by atoms with E-state index in [4.69, 9.17) is 4.74 Å². The Balaban J connectivity index is 1.95. The highest BCUT2D eigenvalue weighted by molar-refractivity contribution is 6.01. The maximum absolute atomic E-state index is 14.0. The molecular weight excluding hydrogens is 289 g/mol. The number of hydrogen-bond acceptors (Lipinski definition) is 3. The number of amides is 3. The lowest BCUT2D eigenvalue weighted by Crippen LogP contribution is -2.44. The van der Waals surface area contributed by atoms with Crippen LogP contribution in [0.25, 0.3) is 0 Å². The van der Waals surface area contributed by atoms with Crippen molar-refractivity contribution in [3.63, 3.8) is 0 Å². The molecule has 0 saturated heterocycles. The molecule has 0 aliphatic carbocycles. The van der Waals surface area contributed by atoms with Gasteiger partial charge in [0.1, 0.15) is 5.82 Å². The van der Waals surface area contributed by atoms with Gasteiger partial charge in [0.05, 0.1) is 30.5 Å². The molecule has 0 fully saturated rings. The summed E-state index contributed by atoms with van der Waals surface area (Å²) in [5.74, 6) is -0.669. The molecule has 2 aliphatic rings. The first-order chi connectivity index (χ1) is 10.6. The van der Waals surface area contributed by atoms with Crippen LogP contribution in [0.15, 0.2) is 35.5 Å². The Morgan fingerprint density at radius 3 is 2.86 bits per heavy atom. The smallest absolute Gasteiger partial charge is 0.319 e. The van der Waals surface area contributed by atoms with Crippen LogP contribution >= 0.6 is 0 Å². The fourth-order valence-corrected chi connectivity index (χ4v) is 2.75. The van der Waals surface area contributed by atoms with Crippen molar-refractivity contribution in [3.8, 4) is 0 Å². The number of nitrogens with one attached hydrogen (secondary N) is 2. The molecule has 0 bridgehead atoms. The number of nitrogens with zero attached hydrogens (tertiary/aromatic N) is 1. The number of ether oxygens (including phenoxy) is 1. The van der Waals surface area contributed by atoms with E-state index >= 15 is 0 Å². The molecule has 7 heteroatoms. The minimum Gasteiger partial charge on any atom is -0.383 e. The zero-order valence-corrected chi connectivity index (χ0v) is 12.1. The molecule has 0 radical (unpaired) electrons. The number of carbonyl (C=O) groups excluding carboxylic acids is 2. The third-order valence-electron chi connectivity index (χ3n) is 3.80. The topological polar surface area (TPSA) is 70.7 Å². The normalized spacial score (nSPS) is 20.8. The van der Waals surface area contributed by atoms with Gasteiger partial charge in [-0.3, -0.25) is 4.79 Å². The van der Waals surface area contributed by atoms with Crippen LogP contribution in [0, 0.1) is 5.82 Å². The Bertz CT molecular complexity index is 659. The van der Waals surface area contributed by atoms with Gasteiger partial charge < -0.3 is 20.3 Å². The molecule has 0 unspecified atom stereocenters. The third kappa shape index (κ3) is 2.43. The van der Waals surface area contributed by atoms with Crippen molar-refractivity contribution < 1.29 is 18.7 Å². The largest absolute Gasteiger partial charge is 0.383 e. The molecule has 0 saturated carbocycles. The lowest BCUT2D eigenvalue weighted by Gasteiger charge is -2.25. The second-order valence-corrected chi connectivity index (χ2v) is 5.16. The predicted molar refractivity (Wildman–Crippen MR) is 76.3 cm³/mol. The number of rotatable bonds is 4. The Labute approximate surface area is 126 Å². The van der Waals surface area contributed by atoms with E-state index in [9.17, 15) is 14.0 Å². The number of urea groups is 1. The maximum Gasteiger partial charge on any atom is 0.319 e. The summed E-state index contributed by atoms with van der Waals surface area (Å²) in [5.41, 5.74) is 1.20. The summed E-state index contributed by atoms with van der Waals surface area (Å²) in [5, 5.41) is 5.26. The van der Waals surface area contributed by atoms with Crippen molar-refractivity contribution in [3.05, 3.63) is 46.9 Å². The van der Waals surface area contributed by atoms with Crippen molar-refractivity contribution in [1.29, 1.82) is 0 Å². The highest BCUT2D eigenvalue weighted by Crippen LogP contribution is 2.33. The van der Waals surface area contributed by atoms with Crippen molar-refractivity contribution in [2.45, 2.75) is 6.04 Å². The Hall–Kier alpha value is -2.41. The van der Waals surface area contributed by atoms with Crippen molar-refractivity contribution in [1.82, 2.24) is 15.5 Å². The van der Waals surface area contributed by atoms with Gasteiger partial charge in [-0.05, 0) is 6.07 Å². The molecule has 1 aromatic carbocycles. The maximum atomic E-state index is 14.0. The van der Waals surface area contributed by atoms with Crippen LogP contribution in [0.3, 0.4) is 0 Å². The van der Waals surface area contributed by atoms with E-state index in [1.807, 2.05) is 0 Å². The lowest BCUT2D eigenvalue weighted by atomic mass is 9.96. The van der Waals surface area contributed by atoms with Gasteiger partial charge in [-0.2, -0.15) is 0 Å². The molecule has 116 valence electrons. The van der Waals surface area contributed by atoms with E-state index in [1.165, 1.54) is 6.07 Å². The predicted octanol–water partition coefficient (Wildman–Crippen LogP) is 0.922. The highest BCUT2D eigenvalue weighted by atomic mass is 19.1. The van der Waals surface area contributed by atoms with Gasteiger partial charge in [0.25, 0.3) is 5.91 Å². The summed E-state index contributed by atoms with van der Waals surface area (Å²) >= 11 is 0. The summed E-state index contributed by atoms with van der Waals surface area (Å²) in [7, 11) is 1.55. The fourth-order valence-electron chi connectivity index (χ4n) is 2.75. The summed E-state index contributed by atoms with van der Waals surface area (Å²) in [6.07, 6.45) is 0. The quantitative estimate of drug-likeness (QED) is 0.869. The first-order valence-electron chi connectivity index (χ1n) is 6.95. The Morgan fingerprint density at radius 2 is 2.14 bits per heavy atom. The number of hydrogen-bond donors (Lipinski definition) is 2. The fraction of sp³-hybridized carbons (Fsp3) is 0.333. The lowest BCUT2D eigenvalue weighted by molar-refractivity contribution is -0.126. The Morgan fingerprint density at radius 1 is 1.36 bits per heavy atom. The second kappa shape index (κ2) is 5.76. The highest BCUT2D eigenvalue weighted by Gasteiger charge is 2.40. The van der Waals surface area contributed by atoms with E-state index in [0.29, 0.717) is 31.0 Å². The summed E-state index contributed by atoms with van der Waals surface area (Å²) < 4.78 is 19.0. The molecular formula is C15H16FN3O3. The second-order valence-electron chi connectivity index (χ2n) is 5.16. The summed E-state index contributed by atoms with van der Waals surface area (Å²) in [6.45, 7) is 1.12. The van der Waals surface area contributed by atoms with Crippen LogP contribution in [0.2, 0.25) is 0 Å². The first kappa shape index (κ1) is 14.5. The van der Waals surface area contributed by atoms with E-state index in [2.05, 4.69) is 10.6 Å². The van der Waals surface area contributed by atoms with Crippen LogP contribution in [0.4, 0.5) is 9.18 Å². The zero-order chi connectivity index (χ0) is 15.7. The monoisotopic (exact) mass is 305 g/mol. The average Bonchev–Trinajstić information content (AvgIpc) is 2.81. The molecule has 0 aromatic heterocycles. The van der Waals surface area contributed by atoms with Gasteiger partial charge in [0.15, 0.2) is 0 Å². The molecule has 2 N–H and O–H groups in total. The molecule has 6 nitrogen and oxygen atoms in total. The van der Waals surface area contributed by atoms with Crippen LogP contribution < -0.4 is 10.6 Å². The van der Waals surface area contributed by atoms with Gasteiger partial charge in [0.2, 0.25) is 0 Å². The molecule has 2 aliphatic heterocycles. The number of methoxy groups -OCH3 is 1. The minimum atomic E-state index is -0.773. The first-order valence-corrected chi connectivity index (χ1v) is 6.95. The number of halogens is 1. The Kier molecular flexibility index (Phi) is 3.81. The van der Waals surface area contributed by atoms with Crippen LogP contribution in [-0.2, 0) is 9.53 Å². The van der Waals surface area contributed by atoms with E-state index in [1.54, 1.807) is 30.2 Å². The molecule has 2 heterocycles. The van der Waals surface area contributed by atoms with Crippen LogP contribution in [-0.4, -0.2) is 43.6 Å². The molecule has 3 amide bonds. The minimum absolute atomic E-state index is 0.215. The van der Waals surface area contributed by atoms with E-state index in [0.717, 1.165) is 0 Å². The zero-order valence-electron chi connectivity index (χ0n) is 12.1. The van der Waals surface area contributed by atoms with Crippen LogP contribution in [0.1, 0.15) is 11.6 Å². The van der Waals surface area contributed by atoms with Gasteiger partial charge in [-0.25, -0.2) is 9.18 Å². The van der Waals surface area contributed by atoms with Crippen LogP contribution in [0.5, 0.6) is 0 Å². The van der Waals surface area contributed by atoms with E-state index in [-0.39, 0.29) is 11.5 Å².